The van der Waals surface area contributed by atoms with E-state index in [1.165, 1.54) is 36.4 Å². The molecule has 20 heavy (non-hydrogen) atoms. The van der Waals surface area contributed by atoms with Gasteiger partial charge in [0.25, 0.3) is 0 Å². The largest absolute Gasteiger partial charge is 0.294 e. The van der Waals surface area contributed by atoms with Gasteiger partial charge in [0.1, 0.15) is 5.03 Å². The number of aromatic nitrogens is 1. The van der Waals surface area contributed by atoms with Crippen LogP contribution in [0.2, 0.25) is 0 Å². The molecule has 1 fully saturated rings. The molecule has 112 valence electrons. The minimum absolute atomic E-state index is 0.209. The normalized spacial score (nSPS) is 21.4. The van der Waals surface area contributed by atoms with Gasteiger partial charge in [-0.3, -0.25) is 4.90 Å². The summed E-state index contributed by atoms with van der Waals surface area (Å²) in [5.74, 6) is 0. The fourth-order valence-electron chi connectivity index (χ4n) is 2.94. The lowest BCUT2D eigenvalue weighted by Crippen LogP contribution is -2.38. The van der Waals surface area contributed by atoms with Crippen molar-refractivity contribution in [2.75, 3.05) is 6.54 Å². The molecule has 0 aliphatic carbocycles. The first-order valence-corrected chi connectivity index (χ1v) is 8.60. The molecule has 1 saturated heterocycles. The predicted molar refractivity (Wildman–Crippen MR) is 88.3 cm³/mol. The van der Waals surface area contributed by atoms with Gasteiger partial charge in [0, 0.05) is 28.6 Å². The smallest absolute Gasteiger partial charge is 0.101 e. The summed E-state index contributed by atoms with van der Waals surface area (Å²) in [4.78, 5) is 7.32. The van der Waals surface area contributed by atoms with Crippen LogP contribution in [0.5, 0.6) is 0 Å². The highest BCUT2D eigenvalue weighted by atomic mass is 32.2. The molecule has 0 bridgehead atoms. The van der Waals surface area contributed by atoms with E-state index in [-0.39, 0.29) is 4.75 Å². The van der Waals surface area contributed by atoms with Crippen LogP contribution in [0, 0.1) is 0 Å². The number of pyridine rings is 1. The summed E-state index contributed by atoms with van der Waals surface area (Å²) in [5, 5.41) is 1.22. The van der Waals surface area contributed by atoms with Gasteiger partial charge < -0.3 is 0 Å². The van der Waals surface area contributed by atoms with Crippen molar-refractivity contribution in [3.05, 3.63) is 23.9 Å². The number of thioether (sulfide) groups is 1. The molecule has 0 saturated carbocycles. The number of hydrogen-bond donors (Lipinski definition) is 0. The summed E-state index contributed by atoms with van der Waals surface area (Å²) in [6.45, 7) is 12.6. The van der Waals surface area contributed by atoms with Gasteiger partial charge in [-0.15, -0.1) is 11.8 Å². The molecule has 1 atom stereocenters. The quantitative estimate of drug-likeness (QED) is 0.737. The Balaban J connectivity index is 2.30. The highest BCUT2D eigenvalue weighted by Crippen LogP contribution is 2.40. The van der Waals surface area contributed by atoms with E-state index in [2.05, 4.69) is 56.6 Å². The summed E-state index contributed by atoms with van der Waals surface area (Å²) in [6, 6.07) is 5.53. The van der Waals surface area contributed by atoms with E-state index >= 15 is 0 Å². The first-order chi connectivity index (χ1) is 9.38. The van der Waals surface area contributed by atoms with E-state index in [1.807, 2.05) is 18.0 Å². The topological polar surface area (TPSA) is 16.1 Å². The Hall–Kier alpha value is -0.540. The lowest BCUT2D eigenvalue weighted by Gasteiger charge is -2.39. The van der Waals surface area contributed by atoms with Gasteiger partial charge in [-0.1, -0.05) is 33.3 Å². The van der Waals surface area contributed by atoms with Crippen molar-refractivity contribution in [2.24, 2.45) is 0 Å². The monoisotopic (exact) mass is 292 g/mol. The third-order valence-electron chi connectivity index (χ3n) is 3.77. The van der Waals surface area contributed by atoms with Crippen molar-refractivity contribution < 1.29 is 0 Å². The van der Waals surface area contributed by atoms with Crippen molar-refractivity contribution in [3.8, 4) is 0 Å². The van der Waals surface area contributed by atoms with Crippen LogP contribution in [0.4, 0.5) is 0 Å². The average molecular weight is 292 g/mol. The van der Waals surface area contributed by atoms with Gasteiger partial charge in [0.15, 0.2) is 0 Å². The maximum atomic E-state index is 4.67. The Labute approximate surface area is 128 Å². The first-order valence-electron chi connectivity index (χ1n) is 7.78. The second-order valence-electron chi connectivity index (χ2n) is 6.96. The van der Waals surface area contributed by atoms with Crippen LogP contribution < -0.4 is 0 Å². The van der Waals surface area contributed by atoms with Gasteiger partial charge in [-0.25, -0.2) is 4.98 Å². The fourth-order valence-corrected chi connectivity index (χ4v) is 3.95. The Morgan fingerprint density at radius 3 is 2.70 bits per heavy atom. The summed E-state index contributed by atoms with van der Waals surface area (Å²) < 4.78 is 0.209. The van der Waals surface area contributed by atoms with Crippen LogP contribution in [0.25, 0.3) is 0 Å². The summed E-state index contributed by atoms with van der Waals surface area (Å²) in [5.41, 5.74) is 1.43. The zero-order chi connectivity index (χ0) is 14.8. The lowest BCUT2D eigenvalue weighted by atomic mass is 9.95. The van der Waals surface area contributed by atoms with Crippen LogP contribution in [0.1, 0.15) is 65.5 Å². The summed E-state index contributed by atoms with van der Waals surface area (Å²) >= 11 is 1.90. The third kappa shape index (κ3) is 3.98. The molecule has 2 heterocycles. The highest BCUT2D eigenvalue weighted by Gasteiger charge is 2.29. The zero-order valence-electron chi connectivity index (χ0n) is 13.5. The van der Waals surface area contributed by atoms with Crippen LogP contribution in [-0.4, -0.2) is 27.2 Å². The minimum Gasteiger partial charge on any atom is -0.294 e. The van der Waals surface area contributed by atoms with Crippen LogP contribution >= 0.6 is 11.8 Å². The number of likely N-dealkylation sites (tertiary alicyclic amines) is 1. The molecule has 1 aliphatic heterocycles. The molecule has 0 radical (unpaired) electrons. The number of rotatable bonds is 3. The SMILES string of the molecule is CC(C)N1CCCC[C@@H]1c1cccnc1SC(C)(C)C. The minimum atomic E-state index is 0.209. The predicted octanol–water partition coefficient (Wildman–Crippen LogP) is 4.91. The molecule has 0 spiro atoms. The molecule has 3 heteroatoms. The van der Waals surface area contributed by atoms with Crippen LogP contribution in [-0.2, 0) is 0 Å². The number of nitrogens with zero attached hydrogens (tertiary/aromatic N) is 2. The molecule has 2 nitrogen and oxygen atoms in total. The Morgan fingerprint density at radius 1 is 1.30 bits per heavy atom. The van der Waals surface area contributed by atoms with Gasteiger partial charge in [0.2, 0.25) is 0 Å². The molecule has 1 aromatic rings. The van der Waals surface area contributed by atoms with E-state index in [1.54, 1.807) is 0 Å². The van der Waals surface area contributed by atoms with E-state index in [9.17, 15) is 0 Å². The van der Waals surface area contributed by atoms with Crippen molar-refractivity contribution in [3.63, 3.8) is 0 Å². The van der Waals surface area contributed by atoms with Crippen molar-refractivity contribution in [1.82, 2.24) is 9.88 Å². The van der Waals surface area contributed by atoms with Gasteiger partial charge >= 0.3 is 0 Å². The van der Waals surface area contributed by atoms with Crippen molar-refractivity contribution in [2.45, 2.75) is 75.7 Å². The van der Waals surface area contributed by atoms with Gasteiger partial charge in [-0.2, -0.15) is 0 Å². The number of piperidine rings is 1. The lowest BCUT2D eigenvalue weighted by molar-refractivity contribution is 0.110. The summed E-state index contributed by atoms with van der Waals surface area (Å²) in [7, 11) is 0. The van der Waals surface area contributed by atoms with Crippen LogP contribution in [0.3, 0.4) is 0 Å². The standard InChI is InChI=1S/C17H28N2S/c1-13(2)19-12-7-6-10-15(19)14-9-8-11-18-16(14)20-17(3,4)5/h8-9,11,13,15H,6-7,10,12H2,1-5H3/t15-/m1/s1. The molecule has 1 aliphatic rings. The van der Waals surface area contributed by atoms with Gasteiger partial charge in [0.05, 0.1) is 0 Å². The molecule has 0 unspecified atom stereocenters. The first kappa shape index (κ1) is 15.8. The highest BCUT2D eigenvalue weighted by molar-refractivity contribution is 8.00. The molecule has 1 aromatic heterocycles. The Morgan fingerprint density at radius 2 is 2.05 bits per heavy atom. The second kappa shape index (κ2) is 6.48. The van der Waals surface area contributed by atoms with Crippen molar-refractivity contribution >= 4 is 11.8 Å². The molecule has 2 rings (SSSR count). The van der Waals surface area contributed by atoms with E-state index in [0.29, 0.717) is 12.1 Å². The second-order valence-corrected chi connectivity index (χ2v) is 8.77. The maximum Gasteiger partial charge on any atom is 0.101 e. The molecular weight excluding hydrogens is 264 g/mol. The van der Waals surface area contributed by atoms with Crippen LogP contribution in [0.15, 0.2) is 23.4 Å². The van der Waals surface area contributed by atoms with E-state index < -0.39 is 0 Å². The molecular formula is C17H28N2S. The fraction of sp³-hybridized carbons (Fsp3) is 0.706. The molecule has 0 amide bonds. The number of hydrogen-bond acceptors (Lipinski definition) is 3. The molecule has 0 aromatic carbocycles. The maximum absolute atomic E-state index is 4.67. The Bertz CT molecular complexity index is 437. The zero-order valence-corrected chi connectivity index (χ0v) is 14.3. The molecule has 0 N–H and O–H groups in total. The Kier molecular flexibility index (Phi) is 5.14. The average Bonchev–Trinajstić information content (AvgIpc) is 2.37. The van der Waals surface area contributed by atoms with E-state index in [4.69, 9.17) is 0 Å². The third-order valence-corrected chi connectivity index (χ3v) is 4.92. The van der Waals surface area contributed by atoms with Crippen molar-refractivity contribution in [1.29, 1.82) is 0 Å². The van der Waals surface area contributed by atoms with Gasteiger partial charge in [-0.05, 0) is 39.3 Å². The van der Waals surface area contributed by atoms with E-state index in [0.717, 1.165) is 0 Å². The summed E-state index contributed by atoms with van der Waals surface area (Å²) in [6.07, 6.45) is 5.86.